The van der Waals surface area contributed by atoms with Gasteiger partial charge in [0.2, 0.25) is 0 Å². The third kappa shape index (κ3) is 3.40. The van der Waals surface area contributed by atoms with Crippen LogP contribution in [0.25, 0.3) is 0 Å². The maximum absolute atomic E-state index is 13.8. The van der Waals surface area contributed by atoms with E-state index in [2.05, 4.69) is 0 Å². The molecule has 3 N–H and O–H groups in total. The Bertz CT molecular complexity index is 401. The number of aliphatic hydroxyl groups is 1. The molecule has 0 spiro atoms. The van der Waals surface area contributed by atoms with Gasteiger partial charge in [-0.15, -0.1) is 12.4 Å². The van der Waals surface area contributed by atoms with Gasteiger partial charge in [-0.25, -0.2) is 8.78 Å². The van der Waals surface area contributed by atoms with Crippen molar-refractivity contribution in [1.29, 1.82) is 0 Å². The molecule has 0 saturated carbocycles. The smallest absolute Gasteiger partial charge is 0.133 e. The second-order valence-electron chi connectivity index (χ2n) is 4.49. The van der Waals surface area contributed by atoms with Gasteiger partial charge in [0.25, 0.3) is 0 Å². The number of rotatable bonds is 4. The number of hydrogen-bond donors (Lipinski definition) is 2. The van der Waals surface area contributed by atoms with E-state index in [0.717, 1.165) is 0 Å². The fourth-order valence-electron chi connectivity index (χ4n) is 1.75. The minimum absolute atomic E-state index is 0. The summed E-state index contributed by atoms with van der Waals surface area (Å²) in [7, 11) is 0. The van der Waals surface area contributed by atoms with Gasteiger partial charge in [0.05, 0.1) is 12.1 Å². The van der Waals surface area contributed by atoms with E-state index >= 15 is 0 Å². The monoisotopic (exact) mass is 279 g/mol. The van der Waals surface area contributed by atoms with Crippen molar-refractivity contribution in [3.05, 3.63) is 34.9 Å². The van der Waals surface area contributed by atoms with Crippen LogP contribution in [0.15, 0.2) is 12.1 Å². The number of benzene rings is 1. The van der Waals surface area contributed by atoms with Crippen LogP contribution in [0, 0.1) is 24.5 Å². The molecule has 3 atom stereocenters. The van der Waals surface area contributed by atoms with Gasteiger partial charge in [0.15, 0.2) is 0 Å². The van der Waals surface area contributed by atoms with Gasteiger partial charge in [0, 0.05) is 5.56 Å². The zero-order chi connectivity index (χ0) is 13.2. The van der Waals surface area contributed by atoms with E-state index in [9.17, 15) is 13.9 Å². The molecule has 0 aliphatic carbocycles. The van der Waals surface area contributed by atoms with E-state index < -0.39 is 23.8 Å². The van der Waals surface area contributed by atoms with Gasteiger partial charge >= 0.3 is 0 Å². The first-order valence-corrected chi connectivity index (χ1v) is 5.78. The molecular weight excluding hydrogens is 260 g/mol. The van der Waals surface area contributed by atoms with Crippen LogP contribution in [0.2, 0.25) is 0 Å². The van der Waals surface area contributed by atoms with E-state index in [0.29, 0.717) is 12.0 Å². The van der Waals surface area contributed by atoms with Crippen LogP contribution in [0.4, 0.5) is 8.78 Å². The Morgan fingerprint density at radius 3 is 2.39 bits per heavy atom. The second kappa shape index (κ2) is 7.02. The Hall–Kier alpha value is -0.710. The average Bonchev–Trinajstić information content (AvgIpc) is 2.32. The van der Waals surface area contributed by atoms with Gasteiger partial charge in [-0.2, -0.15) is 0 Å². The average molecular weight is 280 g/mol. The molecule has 1 aromatic carbocycles. The molecule has 0 saturated heterocycles. The highest BCUT2D eigenvalue weighted by Crippen LogP contribution is 2.27. The molecular formula is C13H20ClF2NO. The quantitative estimate of drug-likeness (QED) is 0.890. The lowest BCUT2D eigenvalue weighted by molar-refractivity contribution is 0.0853. The number of aryl methyl sites for hydroxylation is 1. The van der Waals surface area contributed by atoms with E-state index in [1.807, 2.05) is 6.92 Å². The van der Waals surface area contributed by atoms with Crippen molar-refractivity contribution in [3.8, 4) is 0 Å². The minimum atomic E-state index is -1.04. The fourth-order valence-corrected chi connectivity index (χ4v) is 1.75. The Kier molecular flexibility index (Phi) is 6.74. The Morgan fingerprint density at radius 1 is 1.33 bits per heavy atom. The Labute approximate surface area is 113 Å². The molecule has 104 valence electrons. The molecule has 0 aliphatic rings. The topological polar surface area (TPSA) is 46.2 Å². The summed E-state index contributed by atoms with van der Waals surface area (Å²) in [5.74, 6) is -1.48. The number of halogens is 3. The molecule has 0 amide bonds. The van der Waals surface area contributed by atoms with E-state index in [4.69, 9.17) is 5.73 Å². The first kappa shape index (κ1) is 17.3. The van der Waals surface area contributed by atoms with Crippen molar-refractivity contribution in [3.63, 3.8) is 0 Å². The van der Waals surface area contributed by atoms with Crippen LogP contribution in [0.1, 0.15) is 37.4 Å². The molecule has 2 nitrogen and oxygen atoms in total. The number of aliphatic hydroxyl groups excluding tert-OH is 1. The highest BCUT2D eigenvalue weighted by molar-refractivity contribution is 5.85. The molecule has 1 unspecified atom stereocenters. The molecule has 18 heavy (non-hydrogen) atoms. The second-order valence-corrected chi connectivity index (χ2v) is 4.49. The van der Waals surface area contributed by atoms with Crippen LogP contribution in [0.5, 0.6) is 0 Å². The standard InChI is InChI=1S/C13H19F2NO.ClH/c1-4-7(2)13(17)12(16)10-9(14)6-5-8(3)11(10)15;/h5-7,12-13,17H,4,16H2,1-3H3;1H/t7?,12-,13+;/m0./s1. The lowest BCUT2D eigenvalue weighted by atomic mass is 9.90. The summed E-state index contributed by atoms with van der Waals surface area (Å²) >= 11 is 0. The van der Waals surface area contributed by atoms with E-state index in [1.165, 1.54) is 12.1 Å². The van der Waals surface area contributed by atoms with Gasteiger partial charge in [-0.1, -0.05) is 26.3 Å². The van der Waals surface area contributed by atoms with E-state index in [1.54, 1.807) is 13.8 Å². The van der Waals surface area contributed by atoms with Crippen molar-refractivity contribution in [2.75, 3.05) is 0 Å². The zero-order valence-corrected chi connectivity index (χ0v) is 11.6. The lowest BCUT2D eigenvalue weighted by Gasteiger charge is -2.25. The summed E-state index contributed by atoms with van der Waals surface area (Å²) in [5.41, 5.74) is 5.86. The summed E-state index contributed by atoms with van der Waals surface area (Å²) in [4.78, 5) is 0. The molecule has 5 heteroatoms. The predicted molar refractivity (Wildman–Crippen MR) is 70.7 cm³/mol. The van der Waals surface area contributed by atoms with Crippen LogP contribution in [-0.4, -0.2) is 11.2 Å². The van der Waals surface area contributed by atoms with Crippen molar-refractivity contribution in [2.45, 2.75) is 39.3 Å². The molecule has 0 aromatic heterocycles. The highest BCUT2D eigenvalue weighted by atomic mass is 35.5. The van der Waals surface area contributed by atoms with Crippen LogP contribution < -0.4 is 5.73 Å². The largest absolute Gasteiger partial charge is 0.391 e. The van der Waals surface area contributed by atoms with Crippen molar-refractivity contribution in [2.24, 2.45) is 11.7 Å². The number of nitrogens with two attached hydrogens (primary N) is 1. The molecule has 1 aromatic rings. The predicted octanol–water partition coefficient (Wildman–Crippen LogP) is 3.10. The van der Waals surface area contributed by atoms with Crippen molar-refractivity contribution >= 4 is 12.4 Å². The highest BCUT2D eigenvalue weighted by Gasteiger charge is 2.27. The normalized spacial score (nSPS) is 15.7. The third-order valence-corrected chi connectivity index (χ3v) is 3.25. The Balaban J connectivity index is 0.00000289. The van der Waals surface area contributed by atoms with Gasteiger partial charge in [-0.3, -0.25) is 0 Å². The summed E-state index contributed by atoms with van der Waals surface area (Å²) in [6.07, 6.45) is -0.255. The first-order chi connectivity index (χ1) is 7.90. The number of hydrogen-bond acceptors (Lipinski definition) is 2. The van der Waals surface area contributed by atoms with Crippen molar-refractivity contribution < 1.29 is 13.9 Å². The Morgan fingerprint density at radius 2 is 1.89 bits per heavy atom. The molecule has 1 rings (SSSR count). The SMILES string of the molecule is CCC(C)[C@@H](O)[C@@H](N)c1c(F)ccc(C)c1F.Cl. The lowest BCUT2D eigenvalue weighted by Crippen LogP contribution is -2.33. The molecule has 0 bridgehead atoms. The minimum Gasteiger partial charge on any atom is -0.391 e. The molecule has 0 fully saturated rings. The maximum atomic E-state index is 13.8. The molecule has 0 heterocycles. The summed E-state index contributed by atoms with van der Waals surface area (Å²) in [6.45, 7) is 5.24. The summed E-state index contributed by atoms with van der Waals surface area (Å²) < 4.78 is 27.4. The third-order valence-electron chi connectivity index (χ3n) is 3.25. The molecule has 0 radical (unpaired) electrons. The fraction of sp³-hybridized carbons (Fsp3) is 0.538. The van der Waals surface area contributed by atoms with Crippen molar-refractivity contribution in [1.82, 2.24) is 0 Å². The first-order valence-electron chi connectivity index (χ1n) is 5.78. The van der Waals surface area contributed by atoms with Gasteiger partial charge < -0.3 is 10.8 Å². The zero-order valence-electron chi connectivity index (χ0n) is 10.8. The van der Waals surface area contributed by atoms with Crippen LogP contribution in [-0.2, 0) is 0 Å². The van der Waals surface area contributed by atoms with E-state index in [-0.39, 0.29) is 23.9 Å². The van der Waals surface area contributed by atoms with Gasteiger partial charge in [-0.05, 0) is 24.5 Å². The maximum Gasteiger partial charge on any atom is 0.133 e. The van der Waals surface area contributed by atoms with Gasteiger partial charge in [0.1, 0.15) is 11.6 Å². The summed E-state index contributed by atoms with van der Waals surface area (Å²) in [5, 5.41) is 9.92. The van der Waals surface area contributed by atoms with Crippen LogP contribution >= 0.6 is 12.4 Å². The molecule has 0 aliphatic heterocycles. The summed E-state index contributed by atoms with van der Waals surface area (Å²) in [6, 6.07) is 1.50. The van der Waals surface area contributed by atoms with Crippen LogP contribution in [0.3, 0.4) is 0 Å².